The molecule has 124 valence electrons. The number of thiophene rings is 1. The lowest BCUT2D eigenvalue weighted by Gasteiger charge is -2.05. The fraction of sp³-hybridized carbons (Fsp3) is 0.0556. The van der Waals surface area contributed by atoms with Crippen LogP contribution in [0.3, 0.4) is 0 Å². The van der Waals surface area contributed by atoms with Crippen molar-refractivity contribution in [1.29, 1.82) is 0 Å². The number of nitrogens with zero attached hydrogens (tertiary/aromatic N) is 3. The molecule has 2 N–H and O–H groups in total. The second-order valence-corrected chi connectivity index (χ2v) is 6.64. The van der Waals surface area contributed by atoms with Gasteiger partial charge in [0.05, 0.1) is 18.3 Å². The molecule has 0 aliphatic heterocycles. The molecule has 4 aromatic rings. The number of halogens is 1. The Morgan fingerprint density at radius 3 is 2.84 bits per heavy atom. The van der Waals surface area contributed by atoms with E-state index in [9.17, 15) is 9.18 Å². The average Bonchev–Trinajstić information content (AvgIpc) is 3.03. The van der Waals surface area contributed by atoms with Crippen molar-refractivity contribution in [3.05, 3.63) is 76.7 Å². The van der Waals surface area contributed by atoms with E-state index < -0.39 is 0 Å². The minimum atomic E-state index is -0.326. The van der Waals surface area contributed by atoms with Crippen molar-refractivity contribution < 1.29 is 4.39 Å². The fourth-order valence-corrected chi connectivity index (χ4v) is 3.63. The molecule has 7 heteroatoms. The van der Waals surface area contributed by atoms with Crippen LogP contribution in [0.25, 0.3) is 20.7 Å². The van der Waals surface area contributed by atoms with Crippen LogP contribution in [-0.4, -0.2) is 14.5 Å². The van der Waals surface area contributed by atoms with Gasteiger partial charge in [0.25, 0.3) is 5.56 Å². The van der Waals surface area contributed by atoms with Crippen molar-refractivity contribution in [2.75, 3.05) is 5.73 Å². The predicted octanol–water partition coefficient (Wildman–Crippen LogP) is 3.29. The third-order valence-electron chi connectivity index (χ3n) is 3.83. The van der Waals surface area contributed by atoms with Crippen molar-refractivity contribution in [1.82, 2.24) is 14.5 Å². The Morgan fingerprint density at radius 2 is 2.04 bits per heavy atom. The number of hydrogen-bond acceptors (Lipinski definition) is 5. The number of aromatic nitrogens is 3. The monoisotopic (exact) mass is 352 g/mol. The van der Waals surface area contributed by atoms with Gasteiger partial charge in [-0.15, -0.1) is 11.3 Å². The molecule has 25 heavy (non-hydrogen) atoms. The predicted molar refractivity (Wildman–Crippen MR) is 97.0 cm³/mol. The molecule has 0 aliphatic rings. The van der Waals surface area contributed by atoms with E-state index >= 15 is 0 Å². The molecule has 1 aromatic carbocycles. The summed E-state index contributed by atoms with van der Waals surface area (Å²) < 4.78 is 14.8. The summed E-state index contributed by atoms with van der Waals surface area (Å²) in [7, 11) is 0. The molecular weight excluding hydrogens is 339 g/mol. The standard InChI is InChI=1S/C18H13FN4OS/c19-13-3-1-2-11(6-13)9-23-10-22-17-14(18(23)24)8-15(25-17)12-4-5-21-16(20)7-12/h1-8,10H,9H2,(H2,20,21). The van der Waals surface area contributed by atoms with Crippen molar-refractivity contribution in [3.63, 3.8) is 0 Å². The molecule has 3 heterocycles. The van der Waals surface area contributed by atoms with Crippen molar-refractivity contribution in [3.8, 4) is 10.4 Å². The SMILES string of the molecule is Nc1cc(-c2cc3c(=O)n(Cc4cccc(F)c4)cnc3s2)ccn1. The first-order chi connectivity index (χ1) is 12.1. The molecule has 4 rings (SSSR count). The number of anilines is 1. The van der Waals surface area contributed by atoms with Crippen LogP contribution >= 0.6 is 11.3 Å². The summed E-state index contributed by atoms with van der Waals surface area (Å²) in [5.74, 6) is 0.0964. The Morgan fingerprint density at radius 1 is 1.16 bits per heavy atom. The Labute approximate surface area is 146 Å². The van der Waals surface area contributed by atoms with Gasteiger partial charge in [0.2, 0.25) is 0 Å². The minimum absolute atomic E-state index is 0.154. The van der Waals surface area contributed by atoms with Crippen LogP contribution in [0, 0.1) is 5.82 Å². The summed E-state index contributed by atoms with van der Waals surface area (Å²) in [5.41, 5.74) is 7.17. The van der Waals surface area contributed by atoms with Crippen molar-refractivity contribution >= 4 is 27.4 Å². The zero-order valence-corrected chi connectivity index (χ0v) is 13.8. The normalized spacial score (nSPS) is 11.1. The number of pyridine rings is 1. The fourth-order valence-electron chi connectivity index (χ4n) is 2.65. The van der Waals surface area contributed by atoms with Gasteiger partial charge in [-0.05, 0) is 41.5 Å². The second kappa shape index (κ2) is 6.10. The highest BCUT2D eigenvalue weighted by Gasteiger charge is 2.11. The summed E-state index contributed by atoms with van der Waals surface area (Å²) in [4.78, 5) is 22.6. The zero-order valence-electron chi connectivity index (χ0n) is 13.0. The first-order valence-electron chi connectivity index (χ1n) is 7.55. The quantitative estimate of drug-likeness (QED) is 0.614. The maximum atomic E-state index is 13.3. The van der Waals surface area contributed by atoms with Gasteiger partial charge in [-0.2, -0.15) is 0 Å². The third-order valence-corrected chi connectivity index (χ3v) is 4.92. The number of rotatable bonds is 3. The van der Waals surface area contributed by atoms with E-state index in [4.69, 9.17) is 5.73 Å². The molecule has 0 aliphatic carbocycles. The molecule has 0 saturated heterocycles. The second-order valence-electron chi connectivity index (χ2n) is 5.61. The molecule has 0 radical (unpaired) electrons. The van der Waals surface area contributed by atoms with Gasteiger partial charge in [-0.3, -0.25) is 9.36 Å². The first-order valence-corrected chi connectivity index (χ1v) is 8.37. The lowest BCUT2D eigenvalue weighted by atomic mass is 10.2. The van der Waals surface area contributed by atoms with E-state index in [-0.39, 0.29) is 17.9 Å². The van der Waals surface area contributed by atoms with Crippen LogP contribution in [0.15, 0.2) is 59.8 Å². The van der Waals surface area contributed by atoms with Crippen molar-refractivity contribution in [2.45, 2.75) is 6.54 Å². The summed E-state index contributed by atoms with van der Waals surface area (Å²) in [6.45, 7) is 0.271. The summed E-state index contributed by atoms with van der Waals surface area (Å²) >= 11 is 1.42. The van der Waals surface area contributed by atoms with Gasteiger partial charge in [0.1, 0.15) is 16.5 Å². The first kappa shape index (κ1) is 15.5. The Balaban J connectivity index is 1.76. The lowest BCUT2D eigenvalue weighted by Crippen LogP contribution is -2.20. The van der Waals surface area contributed by atoms with Crippen LogP contribution in [0.1, 0.15) is 5.56 Å². The Bertz CT molecular complexity index is 1140. The largest absolute Gasteiger partial charge is 0.384 e. The van der Waals surface area contributed by atoms with Gasteiger partial charge in [0, 0.05) is 11.1 Å². The highest BCUT2D eigenvalue weighted by atomic mass is 32.1. The summed E-state index contributed by atoms with van der Waals surface area (Å²) in [6.07, 6.45) is 3.13. The molecular formula is C18H13FN4OS. The van der Waals surface area contributed by atoms with E-state index in [1.807, 2.05) is 12.1 Å². The van der Waals surface area contributed by atoms with Crippen LogP contribution < -0.4 is 11.3 Å². The number of fused-ring (bicyclic) bond motifs is 1. The van der Waals surface area contributed by atoms with Gasteiger partial charge in [-0.1, -0.05) is 12.1 Å². The number of nitrogen functional groups attached to an aromatic ring is 1. The van der Waals surface area contributed by atoms with Crippen LogP contribution in [0.4, 0.5) is 10.2 Å². The van der Waals surface area contributed by atoms with Crippen LogP contribution in [-0.2, 0) is 6.54 Å². The van der Waals surface area contributed by atoms with Gasteiger partial charge >= 0.3 is 0 Å². The molecule has 0 amide bonds. The van der Waals surface area contributed by atoms with Gasteiger partial charge in [-0.25, -0.2) is 14.4 Å². The summed E-state index contributed by atoms with van der Waals surface area (Å²) in [5, 5.41) is 0.536. The molecule has 0 saturated carbocycles. The Hall–Kier alpha value is -3.06. The van der Waals surface area contributed by atoms with Gasteiger partial charge in [0.15, 0.2) is 0 Å². The molecule has 5 nitrogen and oxygen atoms in total. The molecule has 0 bridgehead atoms. The molecule has 0 unspecified atom stereocenters. The smallest absolute Gasteiger partial charge is 0.262 e. The van der Waals surface area contributed by atoms with E-state index in [2.05, 4.69) is 9.97 Å². The van der Waals surface area contributed by atoms with Crippen LogP contribution in [0.2, 0.25) is 0 Å². The number of nitrogens with two attached hydrogens (primary N) is 1. The molecule has 0 atom stereocenters. The van der Waals surface area contributed by atoms with E-state index in [1.54, 1.807) is 24.4 Å². The molecule has 0 fully saturated rings. The summed E-state index contributed by atoms with van der Waals surface area (Å²) in [6, 6.07) is 11.6. The van der Waals surface area contributed by atoms with E-state index in [0.717, 1.165) is 10.4 Å². The van der Waals surface area contributed by atoms with Gasteiger partial charge < -0.3 is 5.73 Å². The van der Waals surface area contributed by atoms with Crippen molar-refractivity contribution in [2.24, 2.45) is 0 Å². The van der Waals surface area contributed by atoms with E-state index in [0.29, 0.717) is 21.6 Å². The molecule has 3 aromatic heterocycles. The molecule has 0 spiro atoms. The van der Waals surface area contributed by atoms with Crippen LogP contribution in [0.5, 0.6) is 0 Å². The average molecular weight is 352 g/mol. The number of benzene rings is 1. The maximum Gasteiger partial charge on any atom is 0.262 e. The number of hydrogen-bond donors (Lipinski definition) is 1. The lowest BCUT2D eigenvalue weighted by molar-refractivity contribution is 0.622. The third kappa shape index (κ3) is 3.01. The minimum Gasteiger partial charge on any atom is -0.384 e. The highest BCUT2D eigenvalue weighted by molar-refractivity contribution is 7.21. The van der Waals surface area contributed by atoms with E-state index in [1.165, 1.54) is 34.4 Å². The topological polar surface area (TPSA) is 73.8 Å². The Kier molecular flexibility index (Phi) is 3.77. The maximum absolute atomic E-state index is 13.3. The highest BCUT2D eigenvalue weighted by Crippen LogP contribution is 2.31. The zero-order chi connectivity index (χ0) is 17.4.